The molecular weight excluding hydrogens is 581 g/mol. The summed E-state index contributed by atoms with van der Waals surface area (Å²) in [5, 5.41) is 3.82. The van der Waals surface area contributed by atoms with Crippen LogP contribution in [0.1, 0.15) is 31.9 Å². The highest BCUT2D eigenvalue weighted by Crippen LogP contribution is 2.29. The monoisotopic (exact) mass is 609 g/mol. The Morgan fingerprint density at radius 2 is 1.49 bits per heavy atom. The number of aryl methyl sites for hydroxylation is 1. The molecule has 2 amide bonds. The largest absolute Gasteiger partial charge is 0.352 e. The fourth-order valence-electron chi connectivity index (χ4n) is 3.89. The number of anilines is 1. The van der Waals surface area contributed by atoms with E-state index in [4.69, 9.17) is 34.8 Å². The summed E-state index contributed by atoms with van der Waals surface area (Å²) in [7, 11) is -4.20. The third kappa shape index (κ3) is 7.66. The molecule has 0 unspecified atom stereocenters. The van der Waals surface area contributed by atoms with Gasteiger partial charge in [-0.1, -0.05) is 53.0 Å². The molecule has 3 rings (SSSR count). The lowest BCUT2D eigenvalue weighted by Gasteiger charge is -2.32. The lowest BCUT2D eigenvalue weighted by Crippen LogP contribution is -2.52. The number of halogens is 3. The van der Waals surface area contributed by atoms with Crippen LogP contribution >= 0.6 is 34.8 Å². The standard InChI is InChI=1S/C28H30Cl3N3O4S/c1-18(2)32-28(36)20(4)33(16-24-25(30)9-6-10-26(24)31)27(35)17-34(22-8-5-7-19(3)15-22)39(37,38)23-13-11-21(29)12-14-23/h5-15,18,20H,16-17H2,1-4H3,(H,32,36)/t20-/m0/s1. The van der Waals surface area contributed by atoms with Gasteiger partial charge in [-0.05, 0) is 81.8 Å². The minimum absolute atomic E-state index is 0.0347. The SMILES string of the molecule is Cc1cccc(N(CC(=O)N(Cc2c(Cl)cccc2Cl)[C@@H](C)C(=O)NC(C)C)S(=O)(=O)c2ccc(Cl)cc2)c1. The molecular formula is C28H30Cl3N3O4S. The third-order valence-electron chi connectivity index (χ3n) is 5.96. The van der Waals surface area contributed by atoms with Crippen LogP contribution in [0.25, 0.3) is 0 Å². The Labute approximate surface area is 244 Å². The molecule has 0 bridgehead atoms. The molecule has 1 atom stereocenters. The van der Waals surface area contributed by atoms with E-state index in [2.05, 4.69) is 5.32 Å². The smallest absolute Gasteiger partial charge is 0.264 e. The number of hydrogen-bond donors (Lipinski definition) is 1. The van der Waals surface area contributed by atoms with Gasteiger partial charge >= 0.3 is 0 Å². The molecule has 0 aromatic heterocycles. The normalized spacial score (nSPS) is 12.2. The van der Waals surface area contributed by atoms with Gasteiger partial charge in [0, 0.05) is 33.2 Å². The predicted octanol–water partition coefficient (Wildman–Crippen LogP) is 6.09. The van der Waals surface area contributed by atoms with E-state index in [1.165, 1.54) is 29.2 Å². The first-order chi connectivity index (χ1) is 18.3. The number of nitrogens with zero attached hydrogens (tertiary/aromatic N) is 2. The van der Waals surface area contributed by atoms with Gasteiger partial charge in [0.1, 0.15) is 12.6 Å². The van der Waals surface area contributed by atoms with Gasteiger partial charge in [0.15, 0.2) is 0 Å². The Kier molecular flexibility index (Phi) is 10.3. The average Bonchev–Trinajstić information content (AvgIpc) is 2.86. The second kappa shape index (κ2) is 13.0. The third-order valence-corrected chi connectivity index (χ3v) is 8.71. The van der Waals surface area contributed by atoms with E-state index in [0.717, 1.165) is 9.87 Å². The van der Waals surface area contributed by atoms with Crippen molar-refractivity contribution in [1.29, 1.82) is 0 Å². The molecule has 0 aliphatic heterocycles. The van der Waals surface area contributed by atoms with E-state index in [-0.39, 0.29) is 17.5 Å². The number of carbonyl (C=O) groups is 2. The van der Waals surface area contributed by atoms with Gasteiger partial charge in [-0.2, -0.15) is 0 Å². The summed E-state index contributed by atoms with van der Waals surface area (Å²) >= 11 is 18.8. The van der Waals surface area contributed by atoms with Gasteiger partial charge < -0.3 is 10.2 Å². The molecule has 1 N–H and O–H groups in total. The molecule has 39 heavy (non-hydrogen) atoms. The molecule has 7 nitrogen and oxygen atoms in total. The maximum Gasteiger partial charge on any atom is 0.264 e. The molecule has 0 radical (unpaired) electrons. The highest BCUT2D eigenvalue weighted by atomic mass is 35.5. The second-order valence-electron chi connectivity index (χ2n) is 9.37. The Hall–Kier alpha value is -2.78. The Morgan fingerprint density at radius 1 is 0.897 bits per heavy atom. The van der Waals surface area contributed by atoms with Crippen molar-refractivity contribution in [3.05, 3.63) is 92.9 Å². The highest BCUT2D eigenvalue weighted by molar-refractivity contribution is 7.92. The lowest BCUT2D eigenvalue weighted by atomic mass is 10.1. The minimum atomic E-state index is -4.20. The zero-order valence-corrected chi connectivity index (χ0v) is 25.1. The van der Waals surface area contributed by atoms with Crippen LogP contribution < -0.4 is 9.62 Å². The molecule has 0 fully saturated rings. The van der Waals surface area contributed by atoms with Crippen LogP contribution in [0.3, 0.4) is 0 Å². The number of benzene rings is 3. The van der Waals surface area contributed by atoms with Crippen molar-refractivity contribution < 1.29 is 18.0 Å². The van der Waals surface area contributed by atoms with Crippen LogP contribution in [-0.4, -0.2) is 43.8 Å². The molecule has 0 aliphatic rings. The number of nitrogens with one attached hydrogen (secondary N) is 1. The summed E-state index contributed by atoms with van der Waals surface area (Å²) in [6, 6.07) is 16.3. The van der Waals surface area contributed by atoms with Crippen molar-refractivity contribution >= 4 is 62.3 Å². The van der Waals surface area contributed by atoms with E-state index in [1.54, 1.807) is 57.2 Å². The van der Waals surface area contributed by atoms with E-state index < -0.39 is 34.4 Å². The Balaban J connectivity index is 2.07. The summed E-state index contributed by atoms with van der Waals surface area (Å²) in [4.78, 5) is 28.2. The molecule has 0 aliphatic carbocycles. The van der Waals surface area contributed by atoms with Crippen molar-refractivity contribution in [2.75, 3.05) is 10.8 Å². The quantitative estimate of drug-likeness (QED) is 0.301. The Morgan fingerprint density at radius 3 is 2.05 bits per heavy atom. The van der Waals surface area contributed by atoms with E-state index in [0.29, 0.717) is 26.3 Å². The van der Waals surface area contributed by atoms with Crippen molar-refractivity contribution in [3.8, 4) is 0 Å². The van der Waals surface area contributed by atoms with Gasteiger partial charge in [-0.3, -0.25) is 13.9 Å². The number of amides is 2. The first-order valence-electron chi connectivity index (χ1n) is 12.2. The second-order valence-corrected chi connectivity index (χ2v) is 12.5. The van der Waals surface area contributed by atoms with E-state index >= 15 is 0 Å². The average molecular weight is 611 g/mol. The fraction of sp³-hybridized carbons (Fsp3) is 0.286. The van der Waals surface area contributed by atoms with Crippen molar-refractivity contribution in [3.63, 3.8) is 0 Å². The topological polar surface area (TPSA) is 86.8 Å². The zero-order valence-electron chi connectivity index (χ0n) is 22.0. The van der Waals surface area contributed by atoms with E-state index in [9.17, 15) is 18.0 Å². The van der Waals surface area contributed by atoms with Gasteiger partial charge in [0.25, 0.3) is 10.0 Å². The predicted molar refractivity (Wildman–Crippen MR) is 157 cm³/mol. The number of rotatable bonds is 10. The summed E-state index contributed by atoms with van der Waals surface area (Å²) in [5.74, 6) is -1.01. The number of carbonyl (C=O) groups excluding carboxylic acids is 2. The molecule has 11 heteroatoms. The molecule has 0 saturated heterocycles. The first kappa shape index (κ1) is 30.8. The highest BCUT2D eigenvalue weighted by Gasteiger charge is 2.33. The fourth-order valence-corrected chi connectivity index (χ4v) is 5.94. The summed E-state index contributed by atoms with van der Waals surface area (Å²) in [6.07, 6.45) is 0. The summed E-state index contributed by atoms with van der Waals surface area (Å²) in [6.45, 7) is 6.33. The van der Waals surface area contributed by atoms with Crippen LogP contribution in [0.4, 0.5) is 5.69 Å². The number of hydrogen-bond acceptors (Lipinski definition) is 4. The maximum atomic E-state index is 13.9. The van der Waals surface area contributed by atoms with Crippen molar-refractivity contribution in [1.82, 2.24) is 10.2 Å². The Bertz CT molecular complexity index is 1430. The van der Waals surface area contributed by atoms with Crippen LogP contribution in [0.5, 0.6) is 0 Å². The molecule has 0 heterocycles. The lowest BCUT2D eigenvalue weighted by molar-refractivity contribution is -0.139. The van der Waals surface area contributed by atoms with Crippen molar-refractivity contribution in [2.45, 2.75) is 51.2 Å². The summed E-state index contributed by atoms with van der Waals surface area (Å²) in [5.41, 5.74) is 1.55. The molecule has 3 aromatic carbocycles. The molecule has 3 aromatic rings. The zero-order chi connectivity index (χ0) is 28.9. The van der Waals surface area contributed by atoms with Crippen molar-refractivity contribution in [2.24, 2.45) is 0 Å². The minimum Gasteiger partial charge on any atom is -0.352 e. The van der Waals surface area contributed by atoms with Crippen LogP contribution in [0, 0.1) is 6.92 Å². The first-order valence-corrected chi connectivity index (χ1v) is 14.8. The van der Waals surface area contributed by atoms with E-state index in [1.807, 2.05) is 13.0 Å². The summed E-state index contributed by atoms with van der Waals surface area (Å²) < 4.78 is 28.7. The van der Waals surface area contributed by atoms with Gasteiger partial charge in [-0.25, -0.2) is 8.42 Å². The van der Waals surface area contributed by atoms with Crippen LogP contribution in [0.2, 0.25) is 15.1 Å². The van der Waals surface area contributed by atoms with Gasteiger partial charge in [0.2, 0.25) is 11.8 Å². The molecule has 208 valence electrons. The number of sulfonamides is 1. The maximum absolute atomic E-state index is 13.9. The van der Waals surface area contributed by atoms with Crippen LogP contribution in [0.15, 0.2) is 71.6 Å². The van der Waals surface area contributed by atoms with Gasteiger partial charge in [-0.15, -0.1) is 0 Å². The van der Waals surface area contributed by atoms with Crippen LogP contribution in [-0.2, 0) is 26.2 Å². The van der Waals surface area contributed by atoms with Gasteiger partial charge in [0.05, 0.1) is 10.6 Å². The molecule has 0 spiro atoms. The molecule has 0 saturated carbocycles.